The van der Waals surface area contributed by atoms with Gasteiger partial charge < -0.3 is 14.4 Å². The molecule has 2 heterocycles. The fourth-order valence-electron chi connectivity index (χ4n) is 2.42. The molecule has 0 aliphatic carbocycles. The van der Waals surface area contributed by atoms with Gasteiger partial charge in [-0.2, -0.15) is 0 Å². The summed E-state index contributed by atoms with van der Waals surface area (Å²) in [5.74, 6) is 0.550. The molecule has 0 unspecified atom stereocenters. The van der Waals surface area contributed by atoms with E-state index in [4.69, 9.17) is 9.47 Å². The predicted molar refractivity (Wildman–Crippen MR) is 85.8 cm³/mol. The highest BCUT2D eigenvalue weighted by Gasteiger charge is 2.32. The molecule has 0 N–H and O–H groups in total. The van der Waals surface area contributed by atoms with Gasteiger partial charge in [0.15, 0.2) is 0 Å². The van der Waals surface area contributed by atoms with Crippen molar-refractivity contribution in [3.63, 3.8) is 0 Å². The first kappa shape index (κ1) is 16.3. The van der Waals surface area contributed by atoms with Crippen LogP contribution in [0.25, 0.3) is 6.08 Å². The van der Waals surface area contributed by atoms with E-state index in [-0.39, 0.29) is 12.1 Å². The number of likely N-dealkylation sites (tertiary alicyclic amines) is 1. The van der Waals surface area contributed by atoms with Gasteiger partial charge in [-0.05, 0) is 45.7 Å². The van der Waals surface area contributed by atoms with Gasteiger partial charge in [-0.15, -0.1) is 0 Å². The molecule has 5 heteroatoms. The zero-order chi connectivity index (χ0) is 16.2. The zero-order valence-electron chi connectivity index (χ0n) is 13.5. The molecule has 5 nitrogen and oxygen atoms in total. The topological polar surface area (TPSA) is 51.7 Å². The van der Waals surface area contributed by atoms with Crippen LogP contribution in [0.3, 0.4) is 0 Å². The van der Waals surface area contributed by atoms with E-state index >= 15 is 0 Å². The van der Waals surface area contributed by atoms with Crippen LogP contribution < -0.4 is 4.74 Å². The van der Waals surface area contributed by atoms with Gasteiger partial charge in [0.05, 0.1) is 6.04 Å². The number of hydrogen-bond donors (Lipinski definition) is 0. The molecule has 1 aromatic rings. The molecule has 0 aromatic carbocycles. The summed E-state index contributed by atoms with van der Waals surface area (Å²) in [6.07, 6.45) is 4.99. The molecule has 1 aliphatic heterocycles. The van der Waals surface area contributed by atoms with E-state index in [9.17, 15) is 4.79 Å². The summed E-state index contributed by atoms with van der Waals surface area (Å²) in [6.45, 7) is 10.5. The number of ether oxygens (including phenoxy) is 2. The smallest absolute Gasteiger partial charge is 0.410 e. The maximum atomic E-state index is 12.2. The number of amides is 1. The first-order chi connectivity index (χ1) is 10.4. The molecule has 1 aliphatic rings. The van der Waals surface area contributed by atoms with Crippen molar-refractivity contribution in [3.05, 3.63) is 30.5 Å². The fourth-order valence-corrected chi connectivity index (χ4v) is 2.42. The van der Waals surface area contributed by atoms with Crippen LogP contribution in [-0.4, -0.2) is 40.8 Å². The Morgan fingerprint density at radius 3 is 3.00 bits per heavy atom. The highest BCUT2D eigenvalue weighted by molar-refractivity contribution is 5.69. The molecular formula is C17H24N2O3. The van der Waals surface area contributed by atoms with Gasteiger partial charge >= 0.3 is 6.09 Å². The minimum absolute atomic E-state index is 0.0227. The number of pyridine rings is 1. The van der Waals surface area contributed by atoms with Crippen LogP contribution in [0.15, 0.2) is 24.9 Å². The van der Waals surface area contributed by atoms with Gasteiger partial charge in [0.1, 0.15) is 12.2 Å². The Morgan fingerprint density at radius 2 is 2.32 bits per heavy atom. The minimum atomic E-state index is -0.484. The average molecular weight is 304 g/mol. The summed E-state index contributed by atoms with van der Waals surface area (Å²) in [6, 6.07) is 3.76. The van der Waals surface area contributed by atoms with E-state index in [2.05, 4.69) is 11.6 Å². The van der Waals surface area contributed by atoms with Crippen LogP contribution in [0.5, 0.6) is 5.88 Å². The number of carbonyl (C=O) groups excluding carboxylic acids is 1. The van der Waals surface area contributed by atoms with Gasteiger partial charge in [-0.1, -0.05) is 12.7 Å². The lowest BCUT2D eigenvalue weighted by Crippen LogP contribution is -2.42. The van der Waals surface area contributed by atoms with Crippen molar-refractivity contribution in [2.45, 2.75) is 45.3 Å². The molecule has 1 aromatic heterocycles. The zero-order valence-corrected chi connectivity index (χ0v) is 13.5. The normalized spacial score (nSPS) is 18.1. The summed E-state index contributed by atoms with van der Waals surface area (Å²) in [4.78, 5) is 18.2. The SMILES string of the molecule is C=Cc1cccnc1OC[C@H]1CCCN1C(=O)OC(C)(C)C. The van der Waals surface area contributed by atoms with E-state index in [1.807, 2.05) is 32.9 Å². The molecule has 1 saturated heterocycles. The Hall–Kier alpha value is -2.04. The lowest BCUT2D eigenvalue weighted by molar-refractivity contribution is 0.0186. The molecule has 1 fully saturated rings. The monoisotopic (exact) mass is 304 g/mol. The molecule has 1 atom stereocenters. The summed E-state index contributed by atoms with van der Waals surface area (Å²) in [5.41, 5.74) is 0.367. The van der Waals surface area contributed by atoms with Gasteiger partial charge in [0, 0.05) is 18.3 Å². The molecule has 1 amide bonds. The lowest BCUT2D eigenvalue weighted by Gasteiger charge is -2.28. The first-order valence-electron chi connectivity index (χ1n) is 7.60. The Bertz CT molecular complexity index is 537. The van der Waals surface area contributed by atoms with Crippen LogP contribution in [-0.2, 0) is 4.74 Å². The second-order valence-corrected chi connectivity index (χ2v) is 6.38. The fraction of sp³-hybridized carbons (Fsp3) is 0.529. The molecular weight excluding hydrogens is 280 g/mol. The average Bonchev–Trinajstić information content (AvgIpc) is 2.92. The number of hydrogen-bond acceptors (Lipinski definition) is 4. The molecule has 0 bridgehead atoms. The van der Waals surface area contributed by atoms with Crippen molar-refractivity contribution in [2.75, 3.05) is 13.2 Å². The van der Waals surface area contributed by atoms with Crippen molar-refractivity contribution in [2.24, 2.45) is 0 Å². The largest absolute Gasteiger partial charge is 0.475 e. The standard InChI is InChI=1S/C17H24N2O3/c1-5-13-8-6-10-18-15(13)21-12-14-9-7-11-19(14)16(20)22-17(2,3)4/h5-6,8,10,14H,1,7,9,11-12H2,2-4H3/t14-/m1/s1. The van der Waals surface area contributed by atoms with Crippen molar-refractivity contribution in [1.29, 1.82) is 0 Å². The second-order valence-electron chi connectivity index (χ2n) is 6.38. The van der Waals surface area contributed by atoms with Crippen LogP contribution in [0.4, 0.5) is 4.79 Å². The molecule has 22 heavy (non-hydrogen) atoms. The van der Waals surface area contributed by atoms with Crippen LogP contribution in [0.1, 0.15) is 39.2 Å². The molecule has 120 valence electrons. The lowest BCUT2D eigenvalue weighted by atomic mass is 10.2. The number of rotatable bonds is 4. The number of carbonyl (C=O) groups is 1. The van der Waals surface area contributed by atoms with Gasteiger partial charge in [-0.3, -0.25) is 0 Å². The van der Waals surface area contributed by atoms with E-state index in [1.54, 1.807) is 17.2 Å². The highest BCUT2D eigenvalue weighted by atomic mass is 16.6. The van der Waals surface area contributed by atoms with Gasteiger partial charge in [0.2, 0.25) is 5.88 Å². The molecule has 2 rings (SSSR count). The summed E-state index contributed by atoms with van der Waals surface area (Å²) < 4.78 is 11.2. The van der Waals surface area contributed by atoms with Crippen LogP contribution in [0, 0.1) is 0 Å². The summed E-state index contributed by atoms with van der Waals surface area (Å²) in [5, 5.41) is 0. The Morgan fingerprint density at radius 1 is 1.55 bits per heavy atom. The molecule has 0 saturated carbocycles. The molecule has 0 spiro atoms. The third-order valence-electron chi connectivity index (χ3n) is 3.44. The summed E-state index contributed by atoms with van der Waals surface area (Å²) >= 11 is 0. The van der Waals surface area contributed by atoms with Crippen molar-refractivity contribution >= 4 is 12.2 Å². The Kier molecular flexibility index (Phi) is 5.06. The second kappa shape index (κ2) is 6.81. The first-order valence-corrected chi connectivity index (χ1v) is 7.60. The maximum absolute atomic E-state index is 12.2. The Labute approximate surface area is 131 Å². The third-order valence-corrected chi connectivity index (χ3v) is 3.44. The number of nitrogens with zero attached hydrogens (tertiary/aromatic N) is 2. The minimum Gasteiger partial charge on any atom is -0.475 e. The highest BCUT2D eigenvalue weighted by Crippen LogP contribution is 2.23. The van der Waals surface area contributed by atoms with Crippen LogP contribution >= 0.6 is 0 Å². The Balaban J connectivity index is 1.97. The third kappa shape index (κ3) is 4.23. The van der Waals surface area contributed by atoms with Crippen LogP contribution in [0.2, 0.25) is 0 Å². The van der Waals surface area contributed by atoms with Crippen molar-refractivity contribution < 1.29 is 14.3 Å². The maximum Gasteiger partial charge on any atom is 0.410 e. The molecule has 0 radical (unpaired) electrons. The number of aromatic nitrogens is 1. The van der Waals surface area contributed by atoms with E-state index in [1.165, 1.54) is 0 Å². The van der Waals surface area contributed by atoms with E-state index < -0.39 is 5.60 Å². The van der Waals surface area contributed by atoms with E-state index in [0.717, 1.165) is 18.4 Å². The van der Waals surface area contributed by atoms with Gasteiger partial charge in [0.25, 0.3) is 0 Å². The van der Waals surface area contributed by atoms with E-state index in [0.29, 0.717) is 19.0 Å². The quantitative estimate of drug-likeness (QED) is 0.854. The summed E-state index contributed by atoms with van der Waals surface area (Å²) in [7, 11) is 0. The predicted octanol–water partition coefficient (Wildman–Crippen LogP) is 3.50. The van der Waals surface area contributed by atoms with Crippen molar-refractivity contribution in [1.82, 2.24) is 9.88 Å². The van der Waals surface area contributed by atoms with Gasteiger partial charge in [-0.25, -0.2) is 9.78 Å². The van der Waals surface area contributed by atoms with Crippen molar-refractivity contribution in [3.8, 4) is 5.88 Å².